The average molecular weight is 518 g/mol. The number of nitrogens with one attached hydrogen (secondary N) is 1. The van der Waals surface area contributed by atoms with Gasteiger partial charge in [0.25, 0.3) is 0 Å². The minimum absolute atomic E-state index is 1.14. The summed E-state index contributed by atoms with van der Waals surface area (Å²) in [5, 5.41) is 0. The molecule has 2 nitrogen and oxygen atoms in total. The molecule has 6 rings (SSSR count). The maximum Gasteiger partial charge on any atom is 0.141 e. The van der Waals surface area contributed by atoms with Gasteiger partial charge in [-0.05, 0) is 103 Å². The van der Waals surface area contributed by atoms with Gasteiger partial charge in [0, 0.05) is 35.3 Å². The van der Waals surface area contributed by atoms with Crippen molar-refractivity contribution >= 4 is 34.1 Å². The minimum Gasteiger partial charge on any atom is -0.310 e. The lowest BCUT2D eigenvalue weighted by atomic mass is 10.0. The van der Waals surface area contributed by atoms with Gasteiger partial charge in [-0.2, -0.15) is 0 Å². The van der Waals surface area contributed by atoms with Crippen LogP contribution in [-0.4, -0.2) is 0 Å². The van der Waals surface area contributed by atoms with Gasteiger partial charge < -0.3 is 4.90 Å². The van der Waals surface area contributed by atoms with Crippen molar-refractivity contribution in [3.05, 3.63) is 169 Å². The van der Waals surface area contributed by atoms with Crippen molar-refractivity contribution in [1.29, 1.82) is 0 Å². The van der Waals surface area contributed by atoms with Gasteiger partial charge in [0.15, 0.2) is 0 Å². The van der Waals surface area contributed by atoms with Crippen molar-refractivity contribution < 1.29 is 4.90 Å². The van der Waals surface area contributed by atoms with E-state index in [4.69, 9.17) is 0 Å². The first-order valence-electron chi connectivity index (χ1n) is 13.8. The summed E-state index contributed by atoms with van der Waals surface area (Å²) >= 11 is 0. The van der Waals surface area contributed by atoms with E-state index >= 15 is 0 Å². The standard InChI is InChI=1S/C38H32N2/c1-29-11-9-17-37(27-29)39(33-13-5-3-6-14-33)35-23-19-31(20-24-35)32-21-25-36(26-22-32)40(34-15-7-4-8-16-34)38-18-10-12-30(2)28-38/h3-28H,1-2H3/p+1. The Labute approximate surface area is 237 Å². The molecule has 0 aliphatic rings. The highest BCUT2D eigenvalue weighted by Crippen LogP contribution is 2.36. The summed E-state index contributed by atoms with van der Waals surface area (Å²) in [6, 6.07) is 56.5. The molecular weight excluding hydrogens is 484 g/mol. The smallest absolute Gasteiger partial charge is 0.141 e. The third kappa shape index (κ3) is 5.44. The number of rotatable bonds is 7. The Bertz CT molecular complexity index is 1560. The molecule has 0 fully saturated rings. The Kier molecular flexibility index (Phi) is 7.26. The van der Waals surface area contributed by atoms with Crippen molar-refractivity contribution in [3.63, 3.8) is 0 Å². The maximum absolute atomic E-state index is 2.31. The van der Waals surface area contributed by atoms with Crippen molar-refractivity contribution in [2.75, 3.05) is 4.90 Å². The molecule has 2 heteroatoms. The summed E-state index contributed by atoms with van der Waals surface area (Å²) in [6.45, 7) is 4.29. The van der Waals surface area contributed by atoms with Gasteiger partial charge in [-0.25, -0.2) is 4.90 Å². The zero-order chi connectivity index (χ0) is 27.3. The monoisotopic (exact) mass is 517 g/mol. The molecule has 0 aliphatic heterocycles. The Morgan fingerprint density at radius 3 is 1.48 bits per heavy atom. The lowest BCUT2D eigenvalue weighted by Gasteiger charge is -2.26. The molecule has 6 aromatic carbocycles. The number of nitrogens with zero attached hydrogens (tertiary/aromatic N) is 1. The van der Waals surface area contributed by atoms with Crippen molar-refractivity contribution in [2.24, 2.45) is 0 Å². The maximum atomic E-state index is 2.31. The fourth-order valence-electron chi connectivity index (χ4n) is 5.33. The zero-order valence-corrected chi connectivity index (χ0v) is 23.0. The predicted molar refractivity (Wildman–Crippen MR) is 169 cm³/mol. The molecular formula is C38H33N2+. The van der Waals surface area contributed by atoms with Crippen molar-refractivity contribution in [1.82, 2.24) is 0 Å². The van der Waals surface area contributed by atoms with Gasteiger partial charge >= 0.3 is 0 Å². The van der Waals surface area contributed by atoms with Crippen molar-refractivity contribution in [2.45, 2.75) is 13.8 Å². The topological polar surface area (TPSA) is 7.68 Å². The van der Waals surface area contributed by atoms with Crippen LogP contribution in [0.5, 0.6) is 0 Å². The van der Waals surface area contributed by atoms with Crippen LogP contribution in [0.2, 0.25) is 0 Å². The summed E-state index contributed by atoms with van der Waals surface area (Å²) in [5.74, 6) is 0. The first-order valence-corrected chi connectivity index (χ1v) is 13.8. The first kappa shape index (κ1) is 25.4. The van der Waals surface area contributed by atoms with E-state index in [1.807, 2.05) is 0 Å². The van der Waals surface area contributed by atoms with Crippen LogP contribution in [-0.2, 0) is 0 Å². The molecule has 0 bridgehead atoms. The molecule has 0 radical (unpaired) electrons. The van der Waals surface area contributed by atoms with E-state index in [2.05, 4.69) is 176 Å². The number of hydrogen-bond donors (Lipinski definition) is 1. The fraction of sp³-hybridized carbons (Fsp3) is 0.0526. The van der Waals surface area contributed by atoms with E-state index in [0.717, 1.165) is 17.1 Å². The molecule has 6 aromatic rings. The fourth-order valence-corrected chi connectivity index (χ4v) is 5.33. The first-order chi connectivity index (χ1) is 19.7. The van der Waals surface area contributed by atoms with Crippen LogP contribution in [0.15, 0.2) is 158 Å². The molecule has 1 atom stereocenters. The van der Waals surface area contributed by atoms with Gasteiger partial charge in [0.2, 0.25) is 0 Å². The van der Waals surface area contributed by atoms with E-state index in [9.17, 15) is 0 Å². The van der Waals surface area contributed by atoms with E-state index in [1.54, 1.807) is 0 Å². The molecule has 0 aliphatic carbocycles. The minimum atomic E-state index is 1.14. The third-order valence-corrected chi connectivity index (χ3v) is 7.28. The molecule has 194 valence electrons. The molecule has 0 aromatic heterocycles. The van der Waals surface area contributed by atoms with Gasteiger partial charge in [0.1, 0.15) is 17.1 Å². The number of aryl methyl sites for hydroxylation is 2. The number of para-hydroxylation sites is 2. The molecule has 0 spiro atoms. The van der Waals surface area contributed by atoms with E-state index in [1.165, 1.54) is 44.2 Å². The molecule has 40 heavy (non-hydrogen) atoms. The Hall–Kier alpha value is -4.92. The van der Waals surface area contributed by atoms with Gasteiger partial charge in [-0.1, -0.05) is 72.8 Å². The Balaban J connectivity index is 1.32. The van der Waals surface area contributed by atoms with Crippen LogP contribution in [0, 0.1) is 13.8 Å². The van der Waals surface area contributed by atoms with Crippen LogP contribution < -0.4 is 9.80 Å². The number of anilines is 3. The lowest BCUT2D eigenvalue weighted by molar-refractivity contribution is -0.681. The summed E-state index contributed by atoms with van der Waals surface area (Å²) in [5.41, 5.74) is 12.0. The molecule has 0 saturated carbocycles. The number of hydrogen-bond acceptors (Lipinski definition) is 1. The van der Waals surface area contributed by atoms with Crippen LogP contribution >= 0.6 is 0 Å². The third-order valence-electron chi connectivity index (χ3n) is 7.28. The second kappa shape index (κ2) is 11.4. The SMILES string of the molecule is Cc1cccc(N(c2ccccc2)c2ccc(-c3ccc([NH+](c4ccccc4)c4cccc(C)c4)cc3)cc2)c1. The normalized spacial score (nSPS) is 11.7. The van der Waals surface area contributed by atoms with E-state index in [0.29, 0.717) is 0 Å². The zero-order valence-electron chi connectivity index (χ0n) is 23.0. The number of benzene rings is 6. The van der Waals surface area contributed by atoms with Crippen LogP contribution in [0.4, 0.5) is 34.1 Å². The molecule has 1 N–H and O–H groups in total. The van der Waals surface area contributed by atoms with E-state index < -0.39 is 0 Å². The second-order valence-electron chi connectivity index (χ2n) is 10.2. The van der Waals surface area contributed by atoms with Crippen LogP contribution in [0.3, 0.4) is 0 Å². The molecule has 0 amide bonds. The van der Waals surface area contributed by atoms with Gasteiger partial charge in [0.05, 0.1) is 0 Å². The number of quaternary nitrogens is 1. The molecule has 0 heterocycles. The van der Waals surface area contributed by atoms with Gasteiger partial charge in [-0.15, -0.1) is 0 Å². The van der Waals surface area contributed by atoms with E-state index in [-0.39, 0.29) is 0 Å². The predicted octanol–water partition coefficient (Wildman–Crippen LogP) is 9.62. The molecule has 1 unspecified atom stereocenters. The summed E-state index contributed by atoms with van der Waals surface area (Å²) in [6.07, 6.45) is 0. The summed E-state index contributed by atoms with van der Waals surface area (Å²) in [4.78, 5) is 3.56. The van der Waals surface area contributed by atoms with Crippen molar-refractivity contribution in [3.8, 4) is 11.1 Å². The quantitative estimate of drug-likeness (QED) is 0.221. The second-order valence-corrected chi connectivity index (χ2v) is 10.2. The summed E-state index contributed by atoms with van der Waals surface area (Å²) in [7, 11) is 0. The highest BCUT2D eigenvalue weighted by atomic mass is 15.1. The van der Waals surface area contributed by atoms with Gasteiger partial charge in [-0.3, -0.25) is 0 Å². The highest BCUT2D eigenvalue weighted by molar-refractivity contribution is 5.78. The lowest BCUT2D eigenvalue weighted by Crippen LogP contribution is -2.96. The van der Waals surface area contributed by atoms with Crippen LogP contribution in [0.1, 0.15) is 11.1 Å². The average Bonchev–Trinajstić information content (AvgIpc) is 3.00. The highest BCUT2D eigenvalue weighted by Gasteiger charge is 2.19. The Morgan fingerprint density at radius 1 is 0.375 bits per heavy atom. The summed E-state index contributed by atoms with van der Waals surface area (Å²) < 4.78 is 0. The molecule has 0 saturated heterocycles. The van der Waals surface area contributed by atoms with Crippen LogP contribution in [0.25, 0.3) is 11.1 Å². The largest absolute Gasteiger partial charge is 0.310 e. The Morgan fingerprint density at radius 2 is 0.850 bits per heavy atom.